The number of benzene rings is 1. The molecule has 1 atom stereocenters. The second-order valence-corrected chi connectivity index (χ2v) is 5.06. The van der Waals surface area contributed by atoms with Crippen molar-refractivity contribution in [1.29, 1.82) is 0 Å². The Bertz CT molecular complexity index is 420. The van der Waals surface area contributed by atoms with E-state index in [9.17, 15) is 9.18 Å². The topological polar surface area (TPSA) is 49.3 Å². The third-order valence-corrected chi connectivity index (χ3v) is 3.26. The van der Waals surface area contributed by atoms with Gasteiger partial charge in [0.25, 0.3) is 5.91 Å². The molecule has 1 amide bonds. The van der Waals surface area contributed by atoms with Gasteiger partial charge in [-0.3, -0.25) is 4.79 Å². The van der Waals surface area contributed by atoms with Crippen molar-refractivity contribution in [1.82, 2.24) is 5.32 Å². The van der Waals surface area contributed by atoms with Crippen LogP contribution in [-0.4, -0.2) is 24.2 Å². The summed E-state index contributed by atoms with van der Waals surface area (Å²) in [7, 11) is 0. The SMILES string of the molecule is CCCC(CCO)CNC(=O)c1cc(S)ccc1F. The van der Waals surface area contributed by atoms with Gasteiger partial charge in [-0.2, -0.15) is 0 Å². The number of hydrogen-bond acceptors (Lipinski definition) is 3. The number of rotatable bonds is 7. The summed E-state index contributed by atoms with van der Waals surface area (Å²) in [6, 6.07) is 4.14. The summed E-state index contributed by atoms with van der Waals surface area (Å²) >= 11 is 4.09. The number of carbonyl (C=O) groups is 1. The van der Waals surface area contributed by atoms with Gasteiger partial charge in [0.05, 0.1) is 5.56 Å². The van der Waals surface area contributed by atoms with Crippen molar-refractivity contribution >= 4 is 18.5 Å². The molecule has 0 spiro atoms. The Labute approximate surface area is 118 Å². The number of nitrogens with one attached hydrogen (secondary N) is 1. The summed E-state index contributed by atoms with van der Waals surface area (Å²) in [5.74, 6) is -0.766. The summed E-state index contributed by atoms with van der Waals surface area (Å²) in [6.45, 7) is 2.60. The number of thiol groups is 1. The molecule has 5 heteroatoms. The minimum Gasteiger partial charge on any atom is -0.396 e. The van der Waals surface area contributed by atoms with Crippen LogP contribution in [0.5, 0.6) is 0 Å². The Morgan fingerprint density at radius 3 is 2.84 bits per heavy atom. The highest BCUT2D eigenvalue weighted by atomic mass is 32.1. The minimum absolute atomic E-state index is 0.00625. The predicted molar refractivity (Wildman–Crippen MR) is 76.1 cm³/mol. The molecule has 0 aliphatic carbocycles. The molecule has 106 valence electrons. The van der Waals surface area contributed by atoms with Gasteiger partial charge >= 0.3 is 0 Å². The molecule has 1 aromatic rings. The van der Waals surface area contributed by atoms with Gasteiger partial charge in [0.15, 0.2) is 0 Å². The van der Waals surface area contributed by atoms with Crippen LogP contribution in [0.15, 0.2) is 23.1 Å². The van der Waals surface area contributed by atoms with Crippen molar-refractivity contribution < 1.29 is 14.3 Å². The molecule has 2 N–H and O–H groups in total. The average Bonchev–Trinajstić information content (AvgIpc) is 2.39. The lowest BCUT2D eigenvalue weighted by Gasteiger charge is -2.15. The first-order valence-electron chi connectivity index (χ1n) is 6.46. The van der Waals surface area contributed by atoms with Gasteiger partial charge in [-0.25, -0.2) is 4.39 Å². The highest BCUT2D eigenvalue weighted by molar-refractivity contribution is 7.80. The van der Waals surface area contributed by atoms with Crippen molar-refractivity contribution in [2.75, 3.05) is 13.2 Å². The zero-order valence-electron chi connectivity index (χ0n) is 11.0. The quantitative estimate of drug-likeness (QED) is 0.675. The van der Waals surface area contributed by atoms with Gasteiger partial charge in [-0.05, 0) is 37.0 Å². The van der Waals surface area contributed by atoms with Crippen LogP contribution in [0, 0.1) is 11.7 Å². The van der Waals surface area contributed by atoms with Crippen LogP contribution >= 0.6 is 12.6 Å². The number of aliphatic hydroxyl groups is 1. The van der Waals surface area contributed by atoms with Crippen molar-refractivity contribution in [3.8, 4) is 0 Å². The fourth-order valence-corrected chi connectivity index (χ4v) is 2.16. The van der Waals surface area contributed by atoms with Gasteiger partial charge < -0.3 is 10.4 Å². The average molecular weight is 285 g/mol. The van der Waals surface area contributed by atoms with Crippen LogP contribution in [0.3, 0.4) is 0 Å². The molecule has 0 heterocycles. The van der Waals surface area contributed by atoms with E-state index in [1.807, 2.05) is 0 Å². The highest BCUT2D eigenvalue weighted by Crippen LogP contribution is 2.14. The number of amides is 1. The molecule has 0 fully saturated rings. The van der Waals surface area contributed by atoms with Crippen molar-refractivity contribution in [3.63, 3.8) is 0 Å². The Balaban J connectivity index is 2.61. The minimum atomic E-state index is -0.551. The molecule has 0 saturated heterocycles. The van der Waals surface area contributed by atoms with E-state index in [1.165, 1.54) is 18.2 Å². The molecule has 0 bridgehead atoms. The summed E-state index contributed by atoms with van der Waals surface area (Å²) in [4.78, 5) is 12.4. The third-order valence-electron chi connectivity index (χ3n) is 2.98. The highest BCUT2D eigenvalue weighted by Gasteiger charge is 2.14. The Morgan fingerprint density at radius 2 is 2.21 bits per heavy atom. The van der Waals surface area contributed by atoms with Crippen LogP contribution in [0.2, 0.25) is 0 Å². The Hall–Kier alpha value is -1.07. The molecule has 1 rings (SSSR count). The van der Waals surface area contributed by atoms with E-state index in [2.05, 4.69) is 24.9 Å². The largest absolute Gasteiger partial charge is 0.396 e. The van der Waals surface area contributed by atoms with E-state index < -0.39 is 11.7 Å². The molecule has 0 aromatic heterocycles. The van der Waals surface area contributed by atoms with Crippen molar-refractivity contribution in [2.45, 2.75) is 31.1 Å². The Kier molecular flexibility index (Phi) is 6.87. The zero-order valence-corrected chi connectivity index (χ0v) is 11.9. The van der Waals surface area contributed by atoms with Crippen molar-refractivity contribution in [2.24, 2.45) is 5.92 Å². The normalized spacial score (nSPS) is 12.2. The number of carbonyl (C=O) groups excluding carboxylic acids is 1. The standard InChI is InChI=1S/C14H20FNO2S/c1-2-3-10(6-7-17)9-16-14(18)12-8-11(19)4-5-13(12)15/h4-5,8,10,17,19H,2-3,6-7,9H2,1H3,(H,16,18). The monoisotopic (exact) mass is 285 g/mol. The fraction of sp³-hybridized carbons (Fsp3) is 0.500. The fourth-order valence-electron chi connectivity index (χ4n) is 1.96. The van der Waals surface area contributed by atoms with Gasteiger partial charge in [-0.15, -0.1) is 12.6 Å². The molecule has 0 saturated carbocycles. The van der Waals surface area contributed by atoms with E-state index in [-0.39, 0.29) is 18.1 Å². The van der Waals surface area contributed by atoms with Crippen LogP contribution in [-0.2, 0) is 0 Å². The van der Waals surface area contributed by atoms with Crippen LogP contribution in [0.4, 0.5) is 4.39 Å². The molecule has 1 unspecified atom stereocenters. The van der Waals surface area contributed by atoms with Crippen LogP contribution in [0.25, 0.3) is 0 Å². The Morgan fingerprint density at radius 1 is 1.47 bits per heavy atom. The van der Waals surface area contributed by atoms with Gasteiger partial charge in [0.1, 0.15) is 5.82 Å². The number of aliphatic hydroxyl groups excluding tert-OH is 1. The number of hydrogen-bond donors (Lipinski definition) is 3. The molecule has 19 heavy (non-hydrogen) atoms. The second-order valence-electron chi connectivity index (χ2n) is 4.54. The molecular weight excluding hydrogens is 265 g/mol. The first-order valence-corrected chi connectivity index (χ1v) is 6.90. The molecule has 3 nitrogen and oxygen atoms in total. The molecule has 1 aromatic carbocycles. The van der Waals surface area contributed by atoms with Crippen LogP contribution in [0.1, 0.15) is 36.5 Å². The lowest BCUT2D eigenvalue weighted by atomic mass is 10.00. The van der Waals surface area contributed by atoms with E-state index in [0.29, 0.717) is 17.9 Å². The van der Waals surface area contributed by atoms with Gasteiger partial charge in [-0.1, -0.05) is 13.3 Å². The maximum atomic E-state index is 13.5. The molecule has 0 aliphatic heterocycles. The predicted octanol–water partition coefficient (Wildman–Crippen LogP) is 2.64. The smallest absolute Gasteiger partial charge is 0.254 e. The summed E-state index contributed by atoms with van der Waals surface area (Å²) in [5, 5.41) is 11.7. The molecule has 0 aliphatic rings. The zero-order chi connectivity index (χ0) is 14.3. The molecular formula is C14H20FNO2S. The van der Waals surface area contributed by atoms with E-state index in [4.69, 9.17) is 5.11 Å². The maximum Gasteiger partial charge on any atom is 0.254 e. The first-order chi connectivity index (χ1) is 9.08. The maximum absolute atomic E-state index is 13.5. The van der Waals surface area contributed by atoms with Gasteiger partial charge in [0.2, 0.25) is 0 Å². The van der Waals surface area contributed by atoms with E-state index in [0.717, 1.165) is 12.8 Å². The van der Waals surface area contributed by atoms with Crippen LogP contribution < -0.4 is 5.32 Å². The first kappa shape index (κ1) is 16.0. The second kappa shape index (κ2) is 8.17. The summed E-state index contributed by atoms with van der Waals surface area (Å²) in [6.07, 6.45) is 2.56. The van der Waals surface area contributed by atoms with E-state index >= 15 is 0 Å². The lowest BCUT2D eigenvalue weighted by Crippen LogP contribution is -2.30. The number of halogens is 1. The molecule has 0 radical (unpaired) electrons. The van der Waals surface area contributed by atoms with Crippen molar-refractivity contribution in [3.05, 3.63) is 29.6 Å². The van der Waals surface area contributed by atoms with Gasteiger partial charge in [0, 0.05) is 18.0 Å². The van der Waals surface area contributed by atoms with E-state index in [1.54, 1.807) is 0 Å². The summed E-state index contributed by atoms with van der Waals surface area (Å²) in [5.41, 5.74) is 0.00625. The lowest BCUT2D eigenvalue weighted by molar-refractivity contribution is 0.0938. The summed E-state index contributed by atoms with van der Waals surface area (Å²) < 4.78 is 13.5. The third kappa shape index (κ3) is 5.20.